The summed E-state index contributed by atoms with van der Waals surface area (Å²) in [6, 6.07) is 0.388. The molecule has 13 heavy (non-hydrogen) atoms. The highest BCUT2D eigenvalue weighted by Gasteiger charge is 2.26. The topological polar surface area (TPSA) is 37.4 Å². The van der Waals surface area contributed by atoms with Gasteiger partial charge in [-0.15, -0.1) is 0 Å². The Labute approximate surface area is 77.7 Å². The maximum absolute atomic E-state index is 10.5. The summed E-state index contributed by atoms with van der Waals surface area (Å²) in [5.41, 5.74) is 0.651. The van der Waals surface area contributed by atoms with Crippen LogP contribution in [0.15, 0.2) is 23.9 Å². The normalized spacial score (nSPS) is 17.5. The van der Waals surface area contributed by atoms with Crippen LogP contribution in [-0.2, 0) is 9.59 Å². The minimum absolute atomic E-state index is 0.388. The zero-order chi connectivity index (χ0) is 9.68. The largest absolute Gasteiger partial charge is 0.319 e. The van der Waals surface area contributed by atoms with Gasteiger partial charge in [-0.05, 0) is 31.4 Å². The molecule has 0 aromatic carbocycles. The first-order valence-electron chi connectivity index (χ1n) is 4.31. The highest BCUT2D eigenvalue weighted by molar-refractivity contribution is 5.72. The quantitative estimate of drug-likeness (QED) is 0.362. The average molecular weight is 179 g/mol. The summed E-state index contributed by atoms with van der Waals surface area (Å²) in [4.78, 5) is 22.4. The second kappa shape index (κ2) is 4.60. The molecule has 0 bridgehead atoms. The Balaban J connectivity index is 2.44. The van der Waals surface area contributed by atoms with Crippen molar-refractivity contribution < 1.29 is 9.59 Å². The molecule has 0 radical (unpaired) electrons. The number of carbonyl (C=O) groups excluding carboxylic acids is 2. The standard InChI is InChI=1S/C10H13NO2/c1-9(7-12)3-2-6-11(8-13)10-4-5-10/h2-3,6-8,10H,4-5H2,1H3/b6-2-,9-3+. The number of allylic oxidation sites excluding steroid dienone is 3. The van der Waals surface area contributed by atoms with E-state index in [1.165, 1.54) is 0 Å². The highest BCUT2D eigenvalue weighted by Crippen LogP contribution is 2.25. The van der Waals surface area contributed by atoms with Crippen molar-refractivity contribution in [3.05, 3.63) is 23.9 Å². The molecule has 1 saturated carbocycles. The van der Waals surface area contributed by atoms with Gasteiger partial charge in [0.25, 0.3) is 0 Å². The van der Waals surface area contributed by atoms with E-state index >= 15 is 0 Å². The summed E-state index contributed by atoms with van der Waals surface area (Å²) >= 11 is 0. The van der Waals surface area contributed by atoms with E-state index in [0.29, 0.717) is 11.6 Å². The van der Waals surface area contributed by atoms with Gasteiger partial charge in [-0.1, -0.05) is 6.08 Å². The zero-order valence-corrected chi connectivity index (χ0v) is 7.64. The van der Waals surface area contributed by atoms with Crippen LogP contribution in [0.3, 0.4) is 0 Å². The summed E-state index contributed by atoms with van der Waals surface area (Å²) in [6.45, 7) is 1.72. The molecule has 0 aliphatic heterocycles. The molecular formula is C10H13NO2. The molecule has 70 valence electrons. The van der Waals surface area contributed by atoms with Crippen molar-refractivity contribution in [2.45, 2.75) is 25.8 Å². The lowest BCUT2D eigenvalue weighted by Gasteiger charge is -2.08. The lowest BCUT2D eigenvalue weighted by atomic mass is 10.3. The number of hydrogen-bond donors (Lipinski definition) is 0. The predicted molar refractivity (Wildman–Crippen MR) is 49.9 cm³/mol. The molecule has 0 aromatic rings. The maximum atomic E-state index is 10.5. The van der Waals surface area contributed by atoms with Crippen molar-refractivity contribution in [1.82, 2.24) is 4.90 Å². The van der Waals surface area contributed by atoms with Gasteiger partial charge in [0, 0.05) is 12.2 Å². The van der Waals surface area contributed by atoms with Gasteiger partial charge in [-0.2, -0.15) is 0 Å². The van der Waals surface area contributed by atoms with Crippen LogP contribution in [0.1, 0.15) is 19.8 Å². The summed E-state index contributed by atoms with van der Waals surface area (Å²) in [5.74, 6) is 0. The first-order chi connectivity index (χ1) is 6.27. The Bertz CT molecular complexity index is 252. The number of hydrogen-bond acceptors (Lipinski definition) is 2. The first kappa shape index (κ1) is 9.71. The minimum atomic E-state index is 0.388. The molecule has 3 nitrogen and oxygen atoms in total. The first-order valence-corrected chi connectivity index (χ1v) is 4.31. The van der Waals surface area contributed by atoms with E-state index in [-0.39, 0.29) is 0 Å². The second-order valence-corrected chi connectivity index (χ2v) is 3.15. The van der Waals surface area contributed by atoms with Crippen molar-refractivity contribution in [1.29, 1.82) is 0 Å². The lowest BCUT2D eigenvalue weighted by molar-refractivity contribution is -0.116. The zero-order valence-electron chi connectivity index (χ0n) is 7.64. The van der Waals surface area contributed by atoms with Gasteiger partial charge in [0.05, 0.1) is 0 Å². The molecule has 1 amide bonds. The van der Waals surface area contributed by atoms with Gasteiger partial charge < -0.3 is 4.90 Å². The Morgan fingerprint density at radius 2 is 2.08 bits per heavy atom. The van der Waals surface area contributed by atoms with E-state index < -0.39 is 0 Å². The van der Waals surface area contributed by atoms with E-state index in [4.69, 9.17) is 0 Å². The van der Waals surface area contributed by atoms with Crippen LogP contribution in [0.4, 0.5) is 0 Å². The van der Waals surface area contributed by atoms with Gasteiger partial charge >= 0.3 is 0 Å². The van der Waals surface area contributed by atoms with Crippen LogP contribution in [0.25, 0.3) is 0 Å². The third kappa shape index (κ3) is 3.23. The third-order valence-electron chi connectivity index (χ3n) is 1.89. The fourth-order valence-electron chi connectivity index (χ4n) is 0.949. The maximum Gasteiger partial charge on any atom is 0.213 e. The molecule has 0 unspecified atom stereocenters. The van der Waals surface area contributed by atoms with Gasteiger partial charge in [0.1, 0.15) is 6.29 Å². The molecule has 0 spiro atoms. The van der Waals surface area contributed by atoms with Crippen molar-refractivity contribution in [2.75, 3.05) is 0 Å². The average Bonchev–Trinajstić information content (AvgIpc) is 2.95. The van der Waals surface area contributed by atoms with E-state index in [1.54, 1.807) is 30.2 Å². The Hall–Kier alpha value is -1.38. The number of nitrogens with zero attached hydrogens (tertiary/aromatic N) is 1. The molecule has 0 N–H and O–H groups in total. The van der Waals surface area contributed by atoms with E-state index in [1.807, 2.05) is 0 Å². The van der Waals surface area contributed by atoms with E-state index in [0.717, 1.165) is 25.5 Å². The summed E-state index contributed by atoms with van der Waals surface area (Å²) in [7, 11) is 0. The van der Waals surface area contributed by atoms with Crippen molar-refractivity contribution >= 4 is 12.7 Å². The fraction of sp³-hybridized carbons (Fsp3) is 0.400. The molecule has 0 aromatic heterocycles. The van der Waals surface area contributed by atoms with Crippen molar-refractivity contribution in [2.24, 2.45) is 0 Å². The van der Waals surface area contributed by atoms with E-state index in [2.05, 4.69) is 0 Å². The molecule has 0 saturated heterocycles. The number of rotatable bonds is 5. The van der Waals surface area contributed by atoms with Gasteiger partial charge in [0.15, 0.2) is 0 Å². The molecule has 1 aliphatic carbocycles. The van der Waals surface area contributed by atoms with Gasteiger partial charge in [-0.3, -0.25) is 9.59 Å². The Morgan fingerprint density at radius 3 is 2.54 bits per heavy atom. The number of carbonyl (C=O) groups is 2. The third-order valence-corrected chi connectivity index (χ3v) is 1.89. The molecular weight excluding hydrogens is 166 g/mol. The van der Waals surface area contributed by atoms with Gasteiger partial charge in [0.2, 0.25) is 6.41 Å². The minimum Gasteiger partial charge on any atom is -0.319 e. The van der Waals surface area contributed by atoms with Crippen LogP contribution in [-0.4, -0.2) is 23.6 Å². The van der Waals surface area contributed by atoms with Crippen molar-refractivity contribution in [3.63, 3.8) is 0 Å². The van der Waals surface area contributed by atoms with Crippen LogP contribution in [0.2, 0.25) is 0 Å². The second-order valence-electron chi connectivity index (χ2n) is 3.15. The summed E-state index contributed by atoms with van der Waals surface area (Å²) in [5, 5.41) is 0. The SMILES string of the molecule is C/C(C=O)=C\C=C/N(C=O)C1CC1. The van der Waals surface area contributed by atoms with Crippen LogP contribution in [0.5, 0.6) is 0 Å². The van der Waals surface area contributed by atoms with Crippen molar-refractivity contribution in [3.8, 4) is 0 Å². The highest BCUT2D eigenvalue weighted by atomic mass is 16.1. The molecule has 1 rings (SSSR count). The van der Waals surface area contributed by atoms with Gasteiger partial charge in [-0.25, -0.2) is 0 Å². The lowest BCUT2D eigenvalue weighted by Crippen LogP contribution is -2.16. The monoisotopic (exact) mass is 179 g/mol. The predicted octanol–water partition coefficient (Wildman–Crippen LogP) is 1.27. The molecule has 1 fully saturated rings. The number of amides is 1. The summed E-state index contributed by atoms with van der Waals surface area (Å²) in [6.07, 6.45) is 8.88. The Morgan fingerprint density at radius 1 is 1.38 bits per heavy atom. The molecule has 3 heteroatoms. The van der Waals surface area contributed by atoms with Crippen LogP contribution < -0.4 is 0 Å². The van der Waals surface area contributed by atoms with E-state index in [9.17, 15) is 9.59 Å². The smallest absolute Gasteiger partial charge is 0.213 e. The molecule has 1 aliphatic rings. The Kier molecular flexibility index (Phi) is 3.43. The molecule has 0 atom stereocenters. The number of aldehydes is 1. The van der Waals surface area contributed by atoms with Crippen LogP contribution in [0, 0.1) is 0 Å². The van der Waals surface area contributed by atoms with Crippen LogP contribution >= 0.6 is 0 Å². The fourth-order valence-corrected chi connectivity index (χ4v) is 0.949. The summed E-state index contributed by atoms with van der Waals surface area (Å²) < 4.78 is 0. The molecule has 0 heterocycles.